The monoisotopic (exact) mass is 251 g/mol. The van der Waals surface area contributed by atoms with Gasteiger partial charge in [-0.2, -0.15) is 0 Å². The van der Waals surface area contributed by atoms with Crippen molar-refractivity contribution in [3.8, 4) is 0 Å². The van der Waals surface area contributed by atoms with Crippen LogP contribution in [-0.2, 0) is 6.42 Å². The molecule has 0 aliphatic heterocycles. The van der Waals surface area contributed by atoms with Crippen LogP contribution in [0, 0.1) is 0 Å². The van der Waals surface area contributed by atoms with E-state index >= 15 is 0 Å². The van der Waals surface area contributed by atoms with Crippen molar-refractivity contribution in [2.24, 2.45) is 0 Å². The first-order valence-corrected chi connectivity index (χ1v) is 4.35. The summed E-state index contributed by atoms with van der Waals surface area (Å²) in [7, 11) is 0. The number of nitrogens with one attached hydrogen (secondary N) is 1. The summed E-state index contributed by atoms with van der Waals surface area (Å²) in [6, 6.07) is 0. The van der Waals surface area contributed by atoms with E-state index in [-0.39, 0.29) is 0 Å². The zero-order chi connectivity index (χ0) is 6.85. The lowest BCUT2D eigenvalue weighted by molar-refractivity contribution is 1.05. The van der Waals surface area contributed by atoms with Crippen molar-refractivity contribution in [1.29, 1.82) is 0 Å². The maximum Gasteiger partial charge on any atom is 0.0524 e. The Balaban J connectivity index is 3.04. The summed E-state index contributed by atoms with van der Waals surface area (Å²) >= 11 is 6.81. The van der Waals surface area contributed by atoms with Gasteiger partial charge in [0.1, 0.15) is 0 Å². The Labute approximate surface area is 71.1 Å². The van der Waals surface area contributed by atoms with Gasteiger partial charge in [0.05, 0.1) is 4.47 Å². The van der Waals surface area contributed by atoms with E-state index in [2.05, 4.69) is 43.8 Å². The molecule has 0 fully saturated rings. The fourth-order valence-corrected chi connectivity index (χ4v) is 1.54. The highest BCUT2D eigenvalue weighted by Gasteiger charge is 2.01. The van der Waals surface area contributed by atoms with Crippen LogP contribution in [0.4, 0.5) is 0 Å². The van der Waals surface area contributed by atoms with Crippen LogP contribution in [0.25, 0.3) is 0 Å². The van der Waals surface area contributed by atoms with Crippen LogP contribution in [0.3, 0.4) is 0 Å². The lowest BCUT2D eigenvalue weighted by Gasteiger charge is -1.89. The Morgan fingerprint density at radius 3 is 2.44 bits per heavy atom. The van der Waals surface area contributed by atoms with Gasteiger partial charge in [-0.25, -0.2) is 0 Å². The highest BCUT2D eigenvalue weighted by atomic mass is 79.9. The molecule has 1 aromatic heterocycles. The Hall–Kier alpha value is 0.240. The normalized spacial score (nSPS) is 10.1. The third-order valence-electron chi connectivity index (χ3n) is 1.20. The Morgan fingerprint density at radius 2 is 2.22 bits per heavy atom. The van der Waals surface area contributed by atoms with Crippen LogP contribution in [0.5, 0.6) is 0 Å². The first-order valence-electron chi connectivity index (χ1n) is 2.77. The Bertz CT molecular complexity index is 205. The second-order valence-corrected chi connectivity index (χ2v) is 3.43. The molecule has 9 heavy (non-hydrogen) atoms. The summed E-state index contributed by atoms with van der Waals surface area (Å²) in [6.07, 6.45) is 2.97. The third-order valence-corrected chi connectivity index (χ3v) is 3.26. The lowest BCUT2D eigenvalue weighted by Crippen LogP contribution is -1.77. The van der Waals surface area contributed by atoms with Crippen molar-refractivity contribution in [2.45, 2.75) is 13.3 Å². The number of hydrogen-bond acceptors (Lipinski definition) is 0. The summed E-state index contributed by atoms with van der Waals surface area (Å²) in [5, 5.41) is 0. The van der Waals surface area contributed by atoms with Gasteiger partial charge in [-0.05, 0) is 38.3 Å². The van der Waals surface area contributed by atoms with Crippen molar-refractivity contribution >= 4 is 31.9 Å². The van der Waals surface area contributed by atoms with Crippen LogP contribution in [0.2, 0.25) is 0 Å². The van der Waals surface area contributed by atoms with Crippen molar-refractivity contribution in [1.82, 2.24) is 4.98 Å². The Kier molecular flexibility index (Phi) is 2.35. The van der Waals surface area contributed by atoms with Gasteiger partial charge in [-0.3, -0.25) is 0 Å². The van der Waals surface area contributed by atoms with E-state index < -0.39 is 0 Å². The quantitative estimate of drug-likeness (QED) is 0.791. The van der Waals surface area contributed by atoms with Crippen molar-refractivity contribution in [3.63, 3.8) is 0 Å². The molecule has 0 unspecified atom stereocenters. The molecule has 1 heterocycles. The first-order chi connectivity index (χ1) is 4.25. The maximum atomic E-state index is 3.43. The standard InChI is InChI=1S/C6H7Br2N/c1-2-5-6(8)4(7)3-9-5/h3,9H,2H2,1H3. The molecule has 3 heteroatoms. The molecule has 1 nitrogen and oxygen atoms in total. The molecule has 1 aromatic rings. The zero-order valence-corrected chi connectivity index (χ0v) is 8.21. The number of rotatable bonds is 1. The zero-order valence-electron chi connectivity index (χ0n) is 5.04. The Morgan fingerprint density at radius 1 is 1.56 bits per heavy atom. The number of hydrogen-bond donors (Lipinski definition) is 1. The van der Waals surface area contributed by atoms with E-state index in [0.29, 0.717) is 0 Å². The van der Waals surface area contributed by atoms with Gasteiger partial charge in [-0.15, -0.1) is 0 Å². The summed E-state index contributed by atoms with van der Waals surface area (Å²) in [5.74, 6) is 0. The van der Waals surface area contributed by atoms with Gasteiger partial charge >= 0.3 is 0 Å². The fourth-order valence-electron chi connectivity index (χ4n) is 0.679. The minimum absolute atomic E-state index is 1.03. The molecule has 0 spiro atoms. The first kappa shape index (κ1) is 7.35. The second-order valence-electron chi connectivity index (χ2n) is 1.78. The van der Waals surface area contributed by atoms with Crippen molar-refractivity contribution < 1.29 is 0 Å². The number of halogens is 2. The van der Waals surface area contributed by atoms with E-state index in [1.165, 1.54) is 5.69 Å². The molecule has 0 atom stereocenters. The van der Waals surface area contributed by atoms with Crippen LogP contribution < -0.4 is 0 Å². The summed E-state index contributed by atoms with van der Waals surface area (Å²) in [4.78, 5) is 3.13. The average molecular weight is 253 g/mol. The number of aryl methyl sites for hydroxylation is 1. The molecule has 0 saturated carbocycles. The van der Waals surface area contributed by atoms with E-state index in [1.807, 2.05) is 6.20 Å². The molecule has 1 N–H and O–H groups in total. The van der Waals surface area contributed by atoms with Crippen LogP contribution >= 0.6 is 31.9 Å². The van der Waals surface area contributed by atoms with Crippen LogP contribution in [0.1, 0.15) is 12.6 Å². The number of aromatic amines is 1. The molecule has 0 aliphatic carbocycles. The van der Waals surface area contributed by atoms with Gasteiger partial charge in [0.2, 0.25) is 0 Å². The van der Waals surface area contributed by atoms with E-state index in [1.54, 1.807) is 0 Å². The highest BCUT2D eigenvalue weighted by molar-refractivity contribution is 9.13. The number of aromatic nitrogens is 1. The molecule has 0 aromatic carbocycles. The van der Waals surface area contributed by atoms with Gasteiger partial charge in [0.15, 0.2) is 0 Å². The van der Waals surface area contributed by atoms with Gasteiger partial charge in [-0.1, -0.05) is 6.92 Å². The largest absolute Gasteiger partial charge is 0.363 e. The van der Waals surface area contributed by atoms with Crippen molar-refractivity contribution in [2.75, 3.05) is 0 Å². The SMILES string of the molecule is CCc1[nH]cc(Br)c1Br. The lowest BCUT2D eigenvalue weighted by atomic mass is 10.3. The highest BCUT2D eigenvalue weighted by Crippen LogP contribution is 2.26. The average Bonchev–Trinajstić information content (AvgIpc) is 2.15. The topological polar surface area (TPSA) is 15.8 Å². The number of H-pyrrole nitrogens is 1. The summed E-state index contributed by atoms with van der Waals surface area (Å²) in [5.41, 5.74) is 1.24. The van der Waals surface area contributed by atoms with Gasteiger partial charge in [0.25, 0.3) is 0 Å². The molecule has 0 saturated heterocycles. The minimum Gasteiger partial charge on any atom is -0.363 e. The maximum absolute atomic E-state index is 3.43. The van der Waals surface area contributed by atoms with E-state index in [0.717, 1.165) is 15.4 Å². The van der Waals surface area contributed by atoms with E-state index in [4.69, 9.17) is 0 Å². The molecule has 0 bridgehead atoms. The molecule has 1 rings (SSSR count). The smallest absolute Gasteiger partial charge is 0.0524 e. The molecule has 50 valence electrons. The molecular weight excluding hydrogens is 246 g/mol. The fraction of sp³-hybridized carbons (Fsp3) is 0.333. The molecule has 0 aliphatic rings. The summed E-state index contributed by atoms with van der Waals surface area (Å²) in [6.45, 7) is 2.11. The molecule has 0 amide bonds. The van der Waals surface area contributed by atoms with Gasteiger partial charge < -0.3 is 4.98 Å². The van der Waals surface area contributed by atoms with Crippen LogP contribution in [0.15, 0.2) is 15.1 Å². The molecular formula is C6H7Br2N. The second kappa shape index (κ2) is 2.88. The predicted molar refractivity (Wildman–Crippen MR) is 45.6 cm³/mol. The van der Waals surface area contributed by atoms with Crippen LogP contribution in [-0.4, -0.2) is 4.98 Å². The van der Waals surface area contributed by atoms with E-state index in [9.17, 15) is 0 Å². The molecule has 0 radical (unpaired) electrons. The van der Waals surface area contributed by atoms with Crippen molar-refractivity contribution in [3.05, 3.63) is 20.8 Å². The van der Waals surface area contributed by atoms with Gasteiger partial charge in [0, 0.05) is 16.4 Å². The minimum atomic E-state index is 1.03. The summed E-state index contributed by atoms with van der Waals surface area (Å²) < 4.78 is 2.24. The third kappa shape index (κ3) is 1.38. The predicted octanol–water partition coefficient (Wildman–Crippen LogP) is 3.10.